The Bertz CT molecular complexity index is 1350. The molecule has 0 spiro atoms. The first-order chi connectivity index (χ1) is 16.5. The number of carbonyl (C=O) groups is 2. The Balaban J connectivity index is 1.40. The number of amides is 2. The number of benzene rings is 2. The SMILES string of the molecule is COCCOC(=O)Nc1cccc(NC(=O)CCc2c(C)nc3c4ccccc4nn3c2C)c1. The highest BCUT2D eigenvalue weighted by atomic mass is 16.6. The van der Waals surface area contributed by atoms with E-state index in [4.69, 9.17) is 14.5 Å². The lowest BCUT2D eigenvalue weighted by atomic mass is 10.1. The maximum Gasteiger partial charge on any atom is 0.411 e. The van der Waals surface area contributed by atoms with Gasteiger partial charge in [-0.2, -0.15) is 5.10 Å². The summed E-state index contributed by atoms with van der Waals surface area (Å²) in [5, 5.41) is 11.2. The van der Waals surface area contributed by atoms with Crippen molar-refractivity contribution in [2.75, 3.05) is 31.0 Å². The topological polar surface area (TPSA) is 107 Å². The fraction of sp³-hybridized carbons (Fsp3) is 0.280. The van der Waals surface area contributed by atoms with Crippen LogP contribution in [0.1, 0.15) is 23.4 Å². The molecule has 4 aromatic rings. The first kappa shape index (κ1) is 23.2. The van der Waals surface area contributed by atoms with E-state index in [1.54, 1.807) is 24.3 Å². The molecule has 0 aliphatic heterocycles. The molecular formula is C25H27N5O4. The van der Waals surface area contributed by atoms with E-state index in [9.17, 15) is 9.59 Å². The smallest absolute Gasteiger partial charge is 0.411 e. The molecule has 0 saturated heterocycles. The highest BCUT2D eigenvalue weighted by Crippen LogP contribution is 2.23. The Kier molecular flexibility index (Phi) is 7.03. The predicted molar refractivity (Wildman–Crippen MR) is 130 cm³/mol. The Morgan fingerprint density at radius 2 is 1.76 bits per heavy atom. The Hall–Kier alpha value is -3.98. The lowest BCUT2D eigenvalue weighted by molar-refractivity contribution is -0.116. The summed E-state index contributed by atoms with van der Waals surface area (Å²) in [7, 11) is 1.53. The van der Waals surface area contributed by atoms with Crippen LogP contribution in [-0.4, -0.2) is 46.9 Å². The maximum atomic E-state index is 12.6. The summed E-state index contributed by atoms with van der Waals surface area (Å²) >= 11 is 0. The third kappa shape index (κ3) is 5.15. The van der Waals surface area contributed by atoms with E-state index in [-0.39, 0.29) is 18.9 Å². The number of hydrogen-bond donors (Lipinski definition) is 2. The van der Waals surface area contributed by atoms with Gasteiger partial charge < -0.3 is 14.8 Å². The van der Waals surface area contributed by atoms with Crippen LogP contribution in [0.25, 0.3) is 16.6 Å². The van der Waals surface area contributed by atoms with Crippen LogP contribution in [0.4, 0.5) is 16.2 Å². The van der Waals surface area contributed by atoms with Crippen molar-refractivity contribution < 1.29 is 19.1 Å². The van der Waals surface area contributed by atoms with Crippen LogP contribution in [0, 0.1) is 13.8 Å². The fourth-order valence-corrected chi connectivity index (χ4v) is 3.85. The van der Waals surface area contributed by atoms with Gasteiger partial charge in [0.25, 0.3) is 0 Å². The number of methoxy groups -OCH3 is 1. The Morgan fingerprint density at radius 3 is 2.56 bits per heavy atom. The van der Waals surface area contributed by atoms with Crippen molar-refractivity contribution in [3.63, 3.8) is 0 Å². The van der Waals surface area contributed by atoms with Gasteiger partial charge in [-0.05, 0) is 56.2 Å². The minimum Gasteiger partial charge on any atom is -0.447 e. The molecule has 2 heterocycles. The molecule has 0 saturated carbocycles. The molecule has 0 unspecified atom stereocenters. The van der Waals surface area contributed by atoms with E-state index < -0.39 is 6.09 Å². The van der Waals surface area contributed by atoms with Crippen LogP contribution in [0.2, 0.25) is 0 Å². The summed E-state index contributed by atoms with van der Waals surface area (Å²) in [6.45, 7) is 4.44. The van der Waals surface area contributed by atoms with Crippen LogP contribution in [0.5, 0.6) is 0 Å². The van der Waals surface area contributed by atoms with Crippen molar-refractivity contribution in [3.8, 4) is 0 Å². The number of nitrogens with zero attached hydrogens (tertiary/aromatic N) is 3. The van der Waals surface area contributed by atoms with Crippen molar-refractivity contribution in [1.29, 1.82) is 0 Å². The average Bonchev–Trinajstić information content (AvgIpc) is 3.18. The molecule has 176 valence electrons. The van der Waals surface area contributed by atoms with Crippen LogP contribution in [0.15, 0.2) is 48.5 Å². The molecule has 0 aliphatic rings. The molecule has 9 heteroatoms. The predicted octanol–water partition coefficient (Wildman–Crippen LogP) is 4.27. The summed E-state index contributed by atoms with van der Waals surface area (Å²) in [4.78, 5) is 29.2. The van der Waals surface area contributed by atoms with Gasteiger partial charge >= 0.3 is 6.09 Å². The van der Waals surface area contributed by atoms with Crippen LogP contribution < -0.4 is 10.6 Å². The van der Waals surface area contributed by atoms with Crippen molar-refractivity contribution in [2.24, 2.45) is 0 Å². The second kappa shape index (κ2) is 10.3. The highest BCUT2D eigenvalue weighted by molar-refractivity contribution is 5.93. The van der Waals surface area contributed by atoms with Crippen LogP contribution >= 0.6 is 0 Å². The largest absolute Gasteiger partial charge is 0.447 e. The molecule has 2 aromatic carbocycles. The molecule has 0 radical (unpaired) electrons. The number of hydrogen-bond acceptors (Lipinski definition) is 6. The maximum absolute atomic E-state index is 12.6. The summed E-state index contributed by atoms with van der Waals surface area (Å²) in [5.41, 5.74) is 5.69. The van der Waals surface area contributed by atoms with Crippen molar-refractivity contribution >= 4 is 39.9 Å². The lowest BCUT2D eigenvalue weighted by Gasteiger charge is -2.12. The Labute approximate surface area is 197 Å². The third-order valence-electron chi connectivity index (χ3n) is 5.53. The minimum atomic E-state index is -0.583. The standard InChI is InChI=1S/C25H27N5O4/c1-16-20(17(2)30-24(26-16)21-9-4-5-10-22(21)29-30)11-12-23(31)27-18-7-6-8-19(15-18)28-25(32)34-14-13-33-3/h4-10,15H,11-14H2,1-3H3,(H,27,31)(H,28,32). The number of fused-ring (bicyclic) bond motifs is 3. The van der Waals surface area contributed by atoms with Crippen molar-refractivity contribution in [3.05, 3.63) is 65.5 Å². The average molecular weight is 462 g/mol. The molecule has 4 rings (SSSR count). The van der Waals surface area contributed by atoms with Gasteiger partial charge in [-0.1, -0.05) is 18.2 Å². The molecule has 0 bridgehead atoms. The molecule has 0 atom stereocenters. The molecule has 34 heavy (non-hydrogen) atoms. The normalized spacial score (nSPS) is 11.0. The van der Waals surface area contributed by atoms with E-state index in [1.807, 2.05) is 42.6 Å². The summed E-state index contributed by atoms with van der Waals surface area (Å²) < 4.78 is 11.7. The number of carbonyl (C=O) groups excluding carboxylic acids is 2. The molecule has 9 nitrogen and oxygen atoms in total. The van der Waals surface area contributed by atoms with Gasteiger partial charge in [-0.25, -0.2) is 14.3 Å². The van der Waals surface area contributed by atoms with E-state index in [0.29, 0.717) is 24.4 Å². The molecule has 2 aromatic heterocycles. The number of nitrogens with one attached hydrogen (secondary N) is 2. The van der Waals surface area contributed by atoms with E-state index in [2.05, 4.69) is 15.7 Å². The first-order valence-electron chi connectivity index (χ1n) is 11.0. The van der Waals surface area contributed by atoms with E-state index >= 15 is 0 Å². The Morgan fingerprint density at radius 1 is 1.00 bits per heavy atom. The quantitative estimate of drug-likeness (QED) is 0.380. The summed E-state index contributed by atoms with van der Waals surface area (Å²) in [6.07, 6.45) is 0.236. The summed E-state index contributed by atoms with van der Waals surface area (Å²) in [6, 6.07) is 14.8. The first-order valence-corrected chi connectivity index (χ1v) is 11.0. The zero-order valence-corrected chi connectivity index (χ0v) is 19.4. The van der Waals surface area contributed by atoms with Crippen LogP contribution in [-0.2, 0) is 20.7 Å². The number of rotatable bonds is 8. The molecule has 0 aliphatic carbocycles. The zero-order chi connectivity index (χ0) is 24.1. The van der Waals surface area contributed by atoms with Crippen molar-refractivity contribution in [2.45, 2.75) is 26.7 Å². The number of ether oxygens (including phenoxy) is 2. The van der Waals surface area contributed by atoms with Crippen molar-refractivity contribution in [1.82, 2.24) is 14.6 Å². The van der Waals surface area contributed by atoms with Gasteiger partial charge in [0.05, 0.1) is 12.1 Å². The number of anilines is 2. The van der Waals surface area contributed by atoms with Crippen LogP contribution in [0.3, 0.4) is 0 Å². The molecule has 2 amide bonds. The third-order valence-corrected chi connectivity index (χ3v) is 5.53. The fourth-order valence-electron chi connectivity index (χ4n) is 3.85. The summed E-state index contributed by atoms with van der Waals surface area (Å²) in [5.74, 6) is -0.135. The number of aryl methyl sites for hydroxylation is 2. The molecule has 0 fully saturated rings. The van der Waals surface area contributed by atoms with Gasteiger partial charge in [0.1, 0.15) is 6.61 Å². The zero-order valence-electron chi connectivity index (χ0n) is 19.4. The monoisotopic (exact) mass is 461 g/mol. The highest BCUT2D eigenvalue weighted by Gasteiger charge is 2.15. The number of aromatic nitrogens is 3. The lowest BCUT2D eigenvalue weighted by Crippen LogP contribution is -2.17. The second-order valence-corrected chi connectivity index (χ2v) is 7.90. The van der Waals surface area contributed by atoms with Gasteiger partial charge in [-0.3, -0.25) is 10.1 Å². The van der Waals surface area contributed by atoms with Gasteiger partial charge in [0.15, 0.2) is 5.65 Å². The molecular weight excluding hydrogens is 434 g/mol. The van der Waals surface area contributed by atoms with Gasteiger partial charge in [-0.15, -0.1) is 0 Å². The van der Waals surface area contributed by atoms with E-state index in [0.717, 1.165) is 33.5 Å². The van der Waals surface area contributed by atoms with Gasteiger partial charge in [0.2, 0.25) is 5.91 Å². The van der Waals surface area contributed by atoms with Gasteiger partial charge in [0, 0.05) is 41.7 Å². The second-order valence-electron chi connectivity index (χ2n) is 7.90. The minimum absolute atomic E-state index is 0.135. The molecule has 2 N–H and O–H groups in total. The van der Waals surface area contributed by atoms with E-state index in [1.165, 1.54) is 7.11 Å².